The normalized spacial score (nSPS) is 13.8. The van der Waals surface area contributed by atoms with E-state index in [4.69, 9.17) is 0 Å². The van der Waals surface area contributed by atoms with E-state index in [0.717, 1.165) is 15.6 Å². The first-order valence-corrected chi connectivity index (χ1v) is 19.2. The van der Waals surface area contributed by atoms with Crippen LogP contribution < -0.4 is 30.9 Å². The van der Waals surface area contributed by atoms with Crippen LogP contribution in [0.5, 0.6) is 0 Å². The molecule has 0 saturated carbocycles. The molecule has 0 radical (unpaired) electrons. The summed E-state index contributed by atoms with van der Waals surface area (Å²) in [6.07, 6.45) is 0.329. The highest BCUT2D eigenvalue weighted by molar-refractivity contribution is 7.92. The molecule has 3 aromatic rings. The Balaban J connectivity index is 1.86. The van der Waals surface area contributed by atoms with Crippen molar-refractivity contribution in [3.05, 3.63) is 81.8 Å². The third kappa shape index (κ3) is 11.4. The summed E-state index contributed by atoms with van der Waals surface area (Å²) >= 11 is 1.41. The van der Waals surface area contributed by atoms with Gasteiger partial charge in [-0.3, -0.25) is 23.5 Å². The van der Waals surface area contributed by atoms with Crippen molar-refractivity contribution in [2.75, 3.05) is 30.2 Å². The Morgan fingerprint density at radius 2 is 1.52 bits per heavy atom. The van der Waals surface area contributed by atoms with Crippen molar-refractivity contribution in [2.24, 2.45) is 5.92 Å². The average molecular weight is 728 g/mol. The van der Waals surface area contributed by atoms with E-state index in [-0.39, 0.29) is 52.9 Å². The molecule has 5 N–H and O–H groups in total. The van der Waals surface area contributed by atoms with E-state index in [1.807, 2.05) is 63.4 Å². The van der Waals surface area contributed by atoms with Crippen molar-refractivity contribution >= 4 is 50.7 Å². The van der Waals surface area contributed by atoms with Gasteiger partial charge in [0.2, 0.25) is 21.8 Å². The van der Waals surface area contributed by atoms with Gasteiger partial charge in [0.1, 0.15) is 6.04 Å². The highest BCUT2D eigenvalue weighted by atomic mass is 32.2. The summed E-state index contributed by atoms with van der Waals surface area (Å²) in [5.74, 6) is -1.98. The first-order chi connectivity index (χ1) is 23.7. The van der Waals surface area contributed by atoms with Crippen molar-refractivity contribution in [1.29, 1.82) is 0 Å². The Labute approximate surface area is 299 Å². The average Bonchev–Trinajstić information content (AvgIpc) is 3.61. The minimum atomic E-state index is -3.72. The number of likely N-dealkylation sites (N-methyl/N-ethyl adjacent to an activating group) is 1. The Morgan fingerprint density at radius 1 is 0.880 bits per heavy atom. The number of sulfonamides is 1. The molecule has 0 bridgehead atoms. The van der Waals surface area contributed by atoms with Gasteiger partial charge in [-0.15, -0.1) is 11.3 Å². The van der Waals surface area contributed by atoms with Gasteiger partial charge >= 0.3 is 0 Å². The summed E-state index contributed by atoms with van der Waals surface area (Å²) < 4.78 is 26.7. The van der Waals surface area contributed by atoms with E-state index >= 15 is 0 Å². The largest absolute Gasteiger partial charge is 0.355 e. The molecule has 1 heterocycles. The van der Waals surface area contributed by atoms with Gasteiger partial charge in [-0.2, -0.15) is 0 Å². The lowest BCUT2D eigenvalue weighted by atomic mass is 10.0. The van der Waals surface area contributed by atoms with E-state index in [1.54, 1.807) is 12.4 Å². The van der Waals surface area contributed by atoms with E-state index in [2.05, 4.69) is 31.6 Å². The van der Waals surface area contributed by atoms with Crippen molar-refractivity contribution in [3.8, 4) is 0 Å². The summed E-state index contributed by atoms with van der Waals surface area (Å²) in [7, 11) is -2.34. The first-order valence-electron chi connectivity index (χ1n) is 16.6. The van der Waals surface area contributed by atoms with Crippen molar-refractivity contribution in [3.63, 3.8) is 0 Å². The molecule has 4 atom stereocenters. The number of carbonyl (C=O) groups is 4. The number of carbonyl (C=O) groups excluding carboxylic acids is 4. The van der Waals surface area contributed by atoms with Crippen LogP contribution in [0.15, 0.2) is 59.4 Å². The van der Waals surface area contributed by atoms with Gasteiger partial charge in [-0.25, -0.2) is 13.4 Å². The zero-order valence-corrected chi connectivity index (χ0v) is 31.3. The number of thiazole rings is 1. The minimum absolute atomic E-state index is 0.0777. The van der Waals surface area contributed by atoms with Crippen LogP contribution in [0.2, 0.25) is 0 Å². The molecule has 15 heteroatoms. The number of amides is 4. The maximum atomic E-state index is 13.9. The summed E-state index contributed by atoms with van der Waals surface area (Å²) in [6, 6.07) is 11.3. The molecule has 4 amide bonds. The predicted octanol–water partition coefficient (Wildman–Crippen LogP) is 3.02. The fourth-order valence-corrected chi connectivity index (χ4v) is 6.44. The predicted molar refractivity (Wildman–Crippen MR) is 197 cm³/mol. The number of hydrogen-bond acceptors (Lipinski definition) is 9. The number of nitrogens with one attached hydrogen (secondary N) is 5. The number of aromatic nitrogens is 1. The molecule has 0 unspecified atom stereocenters. The van der Waals surface area contributed by atoms with Gasteiger partial charge in [0, 0.05) is 49.1 Å². The van der Waals surface area contributed by atoms with Crippen LogP contribution in [0, 0.1) is 5.92 Å². The molecule has 0 saturated heterocycles. The summed E-state index contributed by atoms with van der Waals surface area (Å²) in [5.41, 5.74) is 3.63. The summed E-state index contributed by atoms with van der Waals surface area (Å²) in [6.45, 7) is 11.1. The second-order valence-electron chi connectivity index (χ2n) is 12.4. The zero-order chi connectivity index (χ0) is 37.0. The molecule has 0 aliphatic heterocycles. The van der Waals surface area contributed by atoms with Crippen molar-refractivity contribution < 1.29 is 27.6 Å². The number of anilines is 1. The van der Waals surface area contributed by atoms with Gasteiger partial charge in [-0.1, -0.05) is 44.2 Å². The molecule has 50 heavy (non-hydrogen) atoms. The summed E-state index contributed by atoms with van der Waals surface area (Å²) in [5, 5.41) is 16.5. The van der Waals surface area contributed by atoms with E-state index in [0.29, 0.717) is 13.0 Å². The van der Waals surface area contributed by atoms with Gasteiger partial charge in [-0.05, 0) is 57.4 Å². The number of nitrogens with zero attached hydrogens (tertiary/aromatic N) is 2. The zero-order valence-electron chi connectivity index (χ0n) is 29.6. The van der Waals surface area contributed by atoms with Crippen LogP contribution in [-0.4, -0.2) is 81.0 Å². The molecule has 1 aromatic heterocycles. The molecular formula is C35H49N7O6S2. The lowest BCUT2D eigenvalue weighted by Gasteiger charge is -2.25. The Kier molecular flexibility index (Phi) is 14.9. The van der Waals surface area contributed by atoms with Crippen LogP contribution >= 0.6 is 11.3 Å². The Bertz CT molecular complexity index is 1700. The third-order valence-electron chi connectivity index (χ3n) is 8.17. The highest BCUT2D eigenvalue weighted by Gasteiger charge is 2.27. The molecule has 13 nitrogen and oxygen atoms in total. The lowest BCUT2D eigenvalue weighted by Crippen LogP contribution is -2.55. The van der Waals surface area contributed by atoms with E-state index < -0.39 is 40.0 Å². The van der Waals surface area contributed by atoms with Crippen LogP contribution in [0.4, 0.5) is 5.69 Å². The first kappa shape index (κ1) is 40.1. The fraction of sp³-hybridized carbons (Fsp3) is 0.457. The van der Waals surface area contributed by atoms with Gasteiger partial charge in [0.15, 0.2) is 0 Å². The van der Waals surface area contributed by atoms with Crippen LogP contribution in [0.3, 0.4) is 0 Å². The van der Waals surface area contributed by atoms with Crippen LogP contribution in [0.25, 0.3) is 0 Å². The monoisotopic (exact) mass is 727 g/mol. The number of rotatable bonds is 18. The molecule has 0 spiro atoms. The SMILES string of the molecule is CCNC(=O)[C@@H](NC(=O)[C@H](C)NC[C@H](Cc1cscn1)NC(=O)c1cc(C(=O)N[C@H](C)c2ccccc2)cc(N(C)S(=O)(=O)CC)c1)C(C)C. The second kappa shape index (κ2) is 18.6. The molecule has 2 aromatic carbocycles. The van der Waals surface area contributed by atoms with E-state index in [9.17, 15) is 27.6 Å². The topological polar surface area (TPSA) is 179 Å². The van der Waals surface area contributed by atoms with Crippen LogP contribution in [0.1, 0.15) is 79.6 Å². The summed E-state index contributed by atoms with van der Waals surface area (Å²) in [4.78, 5) is 57.3. The standard InChI is InChI=1S/C35H49N7O6S2/c1-8-36-35(46)31(22(3)4)41-32(43)24(6)37-19-28(18-29-20-49-21-38-29)40-34(45)27-15-26(16-30(17-27)42(7)50(47,48)9-2)33(44)39-23(5)25-13-11-10-12-14-25/h10-17,20-24,28,31,37H,8-9,18-19H2,1-7H3,(H,36,46)(H,39,44)(H,40,45)(H,41,43)/t23-,24+,28+,31+/m1/s1. The maximum absolute atomic E-state index is 13.9. The number of benzene rings is 2. The molecule has 3 rings (SSSR count). The Morgan fingerprint density at radius 3 is 2.08 bits per heavy atom. The smallest absolute Gasteiger partial charge is 0.251 e. The molecule has 0 fully saturated rings. The fourth-order valence-electron chi connectivity index (χ4n) is 5.06. The Hall–Kier alpha value is -4.34. The third-order valence-corrected chi connectivity index (χ3v) is 10.6. The van der Waals surface area contributed by atoms with Crippen molar-refractivity contribution in [2.45, 2.75) is 72.1 Å². The molecular weight excluding hydrogens is 679 g/mol. The lowest BCUT2D eigenvalue weighted by molar-refractivity contribution is -0.130. The molecule has 0 aliphatic carbocycles. The highest BCUT2D eigenvalue weighted by Crippen LogP contribution is 2.23. The maximum Gasteiger partial charge on any atom is 0.251 e. The van der Waals surface area contributed by atoms with Gasteiger partial charge in [0.25, 0.3) is 11.8 Å². The van der Waals surface area contributed by atoms with E-state index in [1.165, 1.54) is 43.5 Å². The van der Waals surface area contributed by atoms with Crippen molar-refractivity contribution in [1.82, 2.24) is 31.6 Å². The second-order valence-corrected chi connectivity index (χ2v) is 15.4. The van der Waals surface area contributed by atoms with Crippen LogP contribution in [-0.2, 0) is 26.0 Å². The van der Waals surface area contributed by atoms with Gasteiger partial charge < -0.3 is 26.6 Å². The molecule has 0 aliphatic rings. The molecule has 272 valence electrons. The minimum Gasteiger partial charge on any atom is -0.355 e. The quantitative estimate of drug-likeness (QED) is 0.133. The van der Waals surface area contributed by atoms with Gasteiger partial charge in [0.05, 0.1) is 34.7 Å². The number of hydrogen-bond donors (Lipinski definition) is 5.